The molecule has 0 aromatic heterocycles. The predicted molar refractivity (Wildman–Crippen MR) is 112 cm³/mol. The van der Waals surface area contributed by atoms with E-state index in [0.29, 0.717) is 15.6 Å². The fraction of sp³-hybridized carbons (Fsp3) is 0.263. The standard InChI is InChI=1S/C19H10BrCl3F4N2O/c20-12-3-9(1-2-11(12)17(24)7-28-8-17)15-6-18(30-29-15,19(25,26)27)10-4-13(21)16(23)14(22)5-10/h1-5,7H,6,8H2. The van der Waals surface area contributed by atoms with Crippen LogP contribution in [0, 0.1) is 0 Å². The first kappa shape index (κ1) is 21.9. The Hall–Kier alpha value is -1.35. The fourth-order valence-corrected chi connectivity index (χ4v) is 4.59. The van der Waals surface area contributed by atoms with Crippen LogP contribution in [0.25, 0.3) is 0 Å². The van der Waals surface area contributed by atoms with E-state index in [0.717, 1.165) is 12.1 Å². The summed E-state index contributed by atoms with van der Waals surface area (Å²) in [6.45, 7) is -0.00965. The summed E-state index contributed by atoms with van der Waals surface area (Å²) in [7, 11) is 0. The number of oxime groups is 1. The van der Waals surface area contributed by atoms with Crippen LogP contribution in [0.2, 0.25) is 15.1 Å². The summed E-state index contributed by atoms with van der Waals surface area (Å²) in [5.41, 5.74) is -4.08. The van der Waals surface area contributed by atoms with Gasteiger partial charge < -0.3 is 4.84 Å². The summed E-state index contributed by atoms with van der Waals surface area (Å²) >= 11 is 21.0. The maximum atomic E-state index is 14.6. The average Bonchev–Trinajstić information content (AvgIpc) is 3.10. The number of aliphatic imine (C=N–C) groups is 1. The number of hydrogen-bond donors (Lipinski definition) is 0. The number of benzene rings is 2. The van der Waals surface area contributed by atoms with E-state index in [4.69, 9.17) is 39.6 Å². The van der Waals surface area contributed by atoms with Crippen molar-refractivity contribution in [1.29, 1.82) is 0 Å². The highest BCUT2D eigenvalue weighted by molar-refractivity contribution is 9.10. The third kappa shape index (κ3) is 3.42. The second-order valence-corrected chi connectivity index (χ2v) is 8.96. The van der Waals surface area contributed by atoms with Crippen LogP contribution in [0.3, 0.4) is 0 Å². The van der Waals surface area contributed by atoms with Gasteiger partial charge in [-0.3, -0.25) is 4.99 Å². The van der Waals surface area contributed by atoms with Crippen LogP contribution in [0.4, 0.5) is 17.6 Å². The normalized spacial score (nSPS) is 25.7. The minimum Gasteiger partial charge on any atom is -0.374 e. The molecule has 2 aromatic carbocycles. The van der Waals surface area contributed by atoms with Crippen LogP contribution in [0.5, 0.6) is 0 Å². The van der Waals surface area contributed by atoms with Crippen LogP contribution in [-0.2, 0) is 16.1 Å². The van der Waals surface area contributed by atoms with Gasteiger partial charge >= 0.3 is 6.18 Å². The molecule has 3 nitrogen and oxygen atoms in total. The van der Waals surface area contributed by atoms with Crippen molar-refractivity contribution in [3.05, 3.63) is 66.6 Å². The fourth-order valence-electron chi connectivity index (χ4n) is 3.29. The molecule has 2 heterocycles. The van der Waals surface area contributed by atoms with Gasteiger partial charge in [0.1, 0.15) is 0 Å². The molecule has 2 atom stereocenters. The Morgan fingerprint density at radius 2 is 1.70 bits per heavy atom. The van der Waals surface area contributed by atoms with Crippen molar-refractivity contribution in [1.82, 2.24) is 0 Å². The van der Waals surface area contributed by atoms with E-state index >= 15 is 0 Å². The summed E-state index contributed by atoms with van der Waals surface area (Å²) in [6.07, 6.45) is -4.27. The van der Waals surface area contributed by atoms with Gasteiger partial charge in [-0.25, -0.2) is 4.39 Å². The van der Waals surface area contributed by atoms with Crippen LogP contribution in [0.1, 0.15) is 23.1 Å². The molecule has 0 N–H and O–H groups in total. The summed E-state index contributed by atoms with van der Waals surface area (Å²) in [6, 6.07) is 6.59. The second kappa shape index (κ2) is 7.36. The van der Waals surface area contributed by atoms with E-state index in [1.54, 1.807) is 0 Å². The zero-order valence-electron chi connectivity index (χ0n) is 14.7. The topological polar surface area (TPSA) is 34.0 Å². The maximum Gasteiger partial charge on any atom is 0.435 e. The number of hydrogen-bond acceptors (Lipinski definition) is 3. The van der Waals surface area contributed by atoms with Crippen molar-refractivity contribution in [2.24, 2.45) is 10.1 Å². The first-order valence-corrected chi connectivity index (χ1v) is 10.4. The number of rotatable bonds is 3. The average molecular weight is 545 g/mol. The molecular formula is C19H10BrCl3F4N2O. The number of alkyl halides is 4. The van der Waals surface area contributed by atoms with Gasteiger partial charge in [-0.05, 0) is 18.2 Å². The molecule has 11 heteroatoms. The molecule has 0 radical (unpaired) electrons. The Kier molecular flexibility index (Phi) is 5.37. The molecule has 0 aliphatic carbocycles. The Morgan fingerprint density at radius 3 is 2.20 bits per heavy atom. The molecule has 2 aliphatic heterocycles. The van der Waals surface area contributed by atoms with Crippen LogP contribution in [-0.4, -0.2) is 24.6 Å². The Labute approximate surface area is 191 Å². The third-order valence-corrected chi connectivity index (χ3v) is 6.86. The molecule has 0 amide bonds. The molecular weight excluding hydrogens is 534 g/mol. The van der Waals surface area contributed by atoms with Crippen LogP contribution >= 0.6 is 50.7 Å². The first-order valence-electron chi connectivity index (χ1n) is 8.44. The summed E-state index contributed by atoms with van der Waals surface area (Å²) in [5, 5.41) is 3.36. The summed E-state index contributed by atoms with van der Waals surface area (Å²) in [5.74, 6) is 0. The van der Waals surface area contributed by atoms with Crippen molar-refractivity contribution < 1.29 is 22.4 Å². The highest BCUT2D eigenvalue weighted by atomic mass is 79.9. The lowest BCUT2D eigenvalue weighted by Gasteiger charge is -2.30. The van der Waals surface area contributed by atoms with E-state index in [1.165, 1.54) is 24.4 Å². The monoisotopic (exact) mass is 542 g/mol. The molecule has 0 saturated carbocycles. The highest BCUT2D eigenvalue weighted by Crippen LogP contribution is 2.51. The summed E-state index contributed by atoms with van der Waals surface area (Å²) < 4.78 is 57.3. The van der Waals surface area contributed by atoms with Crippen LogP contribution < -0.4 is 0 Å². The van der Waals surface area contributed by atoms with Crippen molar-refractivity contribution in [3.63, 3.8) is 0 Å². The summed E-state index contributed by atoms with van der Waals surface area (Å²) in [4.78, 5) is 8.74. The largest absolute Gasteiger partial charge is 0.435 e. The lowest BCUT2D eigenvalue weighted by Crippen LogP contribution is -2.42. The van der Waals surface area contributed by atoms with Crippen molar-refractivity contribution in [2.45, 2.75) is 23.9 Å². The van der Waals surface area contributed by atoms with Gasteiger partial charge in [-0.2, -0.15) is 13.2 Å². The molecule has 2 aliphatic rings. The minimum atomic E-state index is -4.83. The van der Waals surface area contributed by atoms with Gasteiger partial charge in [0.15, 0.2) is 5.67 Å². The zero-order valence-corrected chi connectivity index (χ0v) is 18.6. The van der Waals surface area contributed by atoms with Crippen molar-refractivity contribution in [3.8, 4) is 0 Å². The van der Waals surface area contributed by atoms with E-state index in [2.05, 4.69) is 26.1 Å². The van der Waals surface area contributed by atoms with Crippen molar-refractivity contribution in [2.75, 3.05) is 6.54 Å². The quantitative estimate of drug-likeness (QED) is 0.296. The molecule has 30 heavy (non-hydrogen) atoms. The molecule has 4 rings (SSSR count). The lowest BCUT2D eigenvalue weighted by atomic mass is 9.86. The third-order valence-electron chi connectivity index (χ3n) is 5.00. The predicted octanol–water partition coefficient (Wildman–Crippen LogP) is 7.24. The van der Waals surface area contributed by atoms with E-state index in [1.807, 2.05) is 0 Å². The van der Waals surface area contributed by atoms with Crippen molar-refractivity contribution >= 4 is 62.7 Å². The lowest BCUT2D eigenvalue weighted by molar-refractivity contribution is -0.275. The molecule has 2 unspecified atom stereocenters. The van der Waals surface area contributed by atoms with Gasteiger partial charge in [0, 0.05) is 33.8 Å². The highest BCUT2D eigenvalue weighted by Gasteiger charge is 2.62. The Bertz CT molecular complexity index is 1080. The number of halogens is 8. The second-order valence-electron chi connectivity index (χ2n) is 6.91. The van der Waals surface area contributed by atoms with E-state index < -0.39 is 23.9 Å². The zero-order chi connectivity index (χ0) is 21.9. The van der Waals surface area contributed by atoms with Gasteiger partial charge in [0.2, 0.25) is 0 Å². The SMILES string of the molecule is FC1(c2ccc(C3=NOC(c4cc(Cl)c(Cl)c(Cl)c4)(C(F)(F)F)C3)cc2Br)C=NC1. The molecule has 0 bridgehead atoms. The van der Waals surface area contributed by atoms with Crippen LogP contribution in [0.15, 0.2) is 45.0 Å². The molecule has 2 aromatic rings. The van der Waals surface area contributed by atoms with Gasteiger partial charge in [0.05, 0.1) is 27.3 Å². The Balaban J connectivity index is 1.71. The number of nitrogens with zero attached hydrogens (tertiary/aromatic N) is 2. The maximum absolute atomic E-state index is 14.6. The molecule has 158 valence electrons. The minimum absolute atomic E-state index is 0.00965. The van der Waals surface area contributed by atoms with Gasteiger partial charge in [-0.15, -0.1) is 0 Å². The molecule has 0 spiro atoms. The first-order chi connectivity index (χ1) is 14.0. The van der Waals surface area contributed by atoms with E-state index in [-0.39, 0.29) is 32.9 Å². The van der Waals surface area contributed by atoms with Gasteiger partial charge in [-0.1, -0.05) is 68.0 Å². The molecule has 0 fully saturated rings. The van der Waals surface area contributed by atoms with E-state index in [9.17, 15) is 17.6 Å². The Morgan fingerprint density at radius 1 is 1.07 bits per heavy atom. The smallest absolute Gasteiger partial charge is 0.374 e. The van der Waals surface area contributed by atoms with Gasteiger partial charge in [0.25, 0.3) is 5.60 Å². The molecule has 0 saturated heterocycles.